The molecule has 29 heavy (non-hydrogen) atoms. The highest BCUT2D eigenvalue weighted by atomic mass is 32.1. The predicted molar refractivity (Wildman–Crippen MR) is 105 cm³/mol. The Morgan fingerprint density at radius 3 is 2.41 bits per heavy atom. The third-order valence-corrected chi connectivity index (χ3v) is 5.18. The van der Waals surface area contributed by atoms with Gasteiger partial charge in [0.1, 0.15) is 29.8 Å². The Hall–Kier alpha value is -3.32. The van der Waals surface area contributed by atoms with Gasteiger partial charge >= 0.3 is 5.97 Å². The molecule has 3 aromatic carbocycles. The molecule has 0 amide bonds. The van der Waals surface area contributed by atoms with Crippen LogP contribution in [0, 0.1) is 17.5 Å². The van der Waals surface area contributed by atoms with E-state index in [-0.39, 0.29) is 11.1 Å². The molecule has 4 aromatic rings. The minimum absolute atomic E-state index is 0.117. The Balaban J connectivity index is 1.72. The van der Waals surface area contributed by atoms with Crippen LogP contribution < -0.4 is 4.74 Å². The van der Waals surface area contributed by atoms with Crippen LogP contribution in [0.5, 0.6) is 5.75 Å². The maximum atomic E-state index is 13.8. The van der Waals surface area contributed by atoms with Crippen molar-refractivity contribution in [3.8, 4) is 16.9 Å². The number of hydrogen-bond acceptors (Lipinski definition) is 3. The van der Waals surface area contributed by atoms with Crippen LogP contribution in [0.3, 0.4) is 0 Å². The van der Waals surface area contributed by atoms with E-state index in [9.17, 15) is 23.1 Å². The average Bonchev–Trinajstić information content (AvgIpc) is 3.20. The van der Waals surface area contributed by atoms with Crippen molar-refractivity contribution in [3.05, 3.63) is 87.9 Å². The molecule has 146 valence electrons. The molecular formula is C22H13F3O3S. The maximum absolute atomic E-state index is 13.8. The van der Waals surface area contributed by atoms with Crippen LogP contribution in [0.2, 0.25) is 0 Å². The lowest BCUT2D eigenvalue weighted by Crippen LogP contribution is -2.03. The van der Waals surface area contributed by atoms with Crippen LogP contribution in [0.1, 0.15) is 15.9 Å². The summed E-state index contributed by atoms with van der Waals surface area (Å²) >= 11 is 1.50. The number of carboxylic acid groups (broad SMARTS) is 1. The molecule has 0 atom stereocenters. The first-order valence-electron chi connectivity index (χ1n) is 8.52. The molecule has 0 aliphatic rings. The molecule has 1 heterocycles. The number of carboxylic acids is 1. The molecular weight excluding hydrogens is 401 g/mol. The summed E-state index contributed by atoms with van der Waals surface area (Å²) in [4.78, 5) is 11.5. The summed E-state index contributed by atoms with van der Waals surface area (Å²) < 4.78 is 46.1. The smallest absolute Gasteiger partial charge is 0.335 e. The third-order valence-electron chi connectivity index (χ3n) is 4.49. The summed E-state index contributed by atoms with van der Waals surface area (Å²) in [6.07, 6.45) is 0. The predicted octanol–water partition coefficient (Wildman–Crippen LogP) is 6.26. The summed E-state index contributed by atoms with van der Waals surface area (Å²) in [5.74, 6) is -3.83. The lowest BCUT2D eigenvalue weighted by molar-refractivity contribution is 0.0697. The number of fused-ring (bicyclic) bond motifs is 1. The summed E-state index contributed by atoms with van der Waals surface area (Å²) in [5, 5.41) is 14.7. The van der Waals surface area contributed by atoms with Gasteiger partial charge < -0.3 is 9.84 Å². The molecule has 0 bridgehead atoms. The number of ether oxygens (including phenoxy) is 1. The Morgan fingerprint density at radius 2 is 1.76 bits per heavy atom. The van der Waals surface area contributed by atoms with Crippen LogP contribution in [0.25, 0.3) is 21.9 Å². The van der Waals surface area contributed by atoms with Crippen molar-refractivity contribution in [1.29, 1.82) is 0 Å². The van der Waals surface area contributed by atoms with Gasteiger partial charge in [0.05, 0.1) is 11.1 Å². The van der Waals surface area contributed by atoms with Crippen molar-refractivity contribution in [3.63, 3.8) is 0 Å². The van der Waals surface area contributed by atoms with E-state index in [1.807, 2.05) is 16.8 Å². The number of halogens is 3. The number of benzene rings is 3. The van der Waals surface area contributed by atoms with E-state index in [1.165, 1.54) is 17.4 Å². The zero-order valence-electron chi connectivity index (χ0n) is 14.8. The molecule has 7 heteroatoms. The number of aromatic carboxylic acids is 1. The normalized spacial score (nSPS) is 11.0. The van der Waals surface area contributed by atoms with Crippen LogP contribution in [0.15, 0.2) is 59.3 Å². The second-order valence-corrected chi connectivity index (χ2v) is 7.14. The van der Waals surface area contributed by atoms with E-state index in [0.29, 0.717) is 23.3 Å². The quantitative estimate of drug-likeness (QED) is 0.419. The summed E-state index contributed by atoms with van der Waals surface area (Å²) in [5.41, 5.74) is 1.40. The summed E-state index contributed by atoms with van der Waals surface area (Å²) in [6.45, 7) is -0.431. The van der Waals surface area contributed by atoms with E-state index in [4.69, 9.17) is 4.74 Å². The highest BCUT2D eigenvalue weighted by Gasteiger charge is 2.14. The van der Waals surface area contributed by atoms with Gasteiger partial charge in [-0.05, 0) is 63.0 Å². The molecule has 3 nitrogen and oxygen atoms in total. The van der Waals surface area contributed by atoms with Gasteiger partial charge in [0.25, 0.3) is 0 Å². The largest absolute Gasteiger partial charge is 0.489 e. The van der Waals surface area contributed by atoms with Crippen molar-refractivity contribution in [2.75, 3.05) is 0 Å². The van der Waals surface area contributed by atoms with Gasteiger partial charge in [-0.3, -0.25) is 0 Å². The first-order chi connectivity index (χ1) is 13.9. The minimum atomic E-state index is -1.06. The van der Waals surface area contributed by atoms with E-state index >= 15 is 0 Å². The number of rotatable bonds is 5. The molecule has 0 radical (unpaired) electrons. The fourth-order valence-electron chi connectivity index (χ4n) is 3.08. The Bertz CT molecular complexity index is 1200. The van der Waals surface area contributed by atoms with Gasteiger partial charge in [0, 0.05) is 12.1 Å². The van der Waals surface area contributed by atoms with Crippen molar-refractivity contribution in [2.45, 2.75) is 6.61 Å². The second kappa shape index (κ2) is 7.60. The highest BCUT2D eigenvalue weighted by Crippen LogP contribution is 2.34. The molecule has 0 aliphatic heterocycles. The maximum Gasteiger partial charge on any atom is 0.335 e. The van der Waals surface area contributed by atoms with Crippen LogP contribution in [-0.4, -0.2) is 11.1 Å². The molecule has 0 saturated carbocycles. The monoisotopic (exact) mass is 414 g/mol. The second-order valence-electron chi connectivity index (χ2n) is 6.36. The van der Waals surface area contributed by atoms with Gasteiger partial charge in [-0.2, -0.15) is 11.3 Å². The molecule has 0 aliphatic carbocycles. The molecule has 0 spiro atoms. The van der Waals surface area contributed by atoms with Gasteiger partial charge in [-0.25, -0.2) is 18.0 Å². The Morgan fingerprint density at radius 1 is 1.00 bits per heavy atom. The molecule has 1 N–H and O–H groups in total. The minimum Gasteiger partial charge on any atom is -0.489 e. The van der Waals surface area contributed by atoms with Crippen molar-refractivity contribution >= 4 is 28.1 Å². The number of hydrogen-bond donors (Lipinski definition) is 1. The first kappa shape index (κ1) is 19.0. The SMILES string of the molecule is O=C(O)c1cc(-c2ccsc2)c2ccc(OCc3c(F)cc(F)cc3F)cc2c1. The number of thiophene rings is 1. The van der Waals surface area contributed by atoms with E-state index in [1.54, 1.807) is 24.3 Å². The number of carbonyl (C=O) groups is 1. The van der Waals surface area contributed by atoms with Crippen LogP contribution in [0.4, 0.5) is 13.2 Å². The highest BCUT2D eigenvalue weighted by molar-refractivity contribution is 7.08. The lowest BCUT2D eigenvalue weighted by Gasteiger charge is -2.12. The van der Waals surface area contributed by atoms with E-state index in [0.717, 1.165) is 16.5 Å². The topological polar surface area (TPSA) is 46.5 Å². The standard InChI is InChI=1S/C22H13F3O3S/c23-15-8-20(24)19(21(25)9-15)10-28-16-1-2-17-13(6-16)5-14(22(26)27)7-18(17)12-3-4-29-11-12/h1-9,11H,10H2,(H,26,27). The lowest BCUT2D eigenvalue weighted by atomic mass is 9.97. The molecule has 4 rings (SSSR count). The Labute approximate surface area is 167 Å². The summed E-state index contributed by atoms with van der Waals surface area (Å²) in [6, 6.07) is 11.2. The summed E-state index contributed by atoms with van der Waals surface area (Å²) in [7, 11) is 0. The zero-order valence-corrected chi connectivity index (χ0v) is 15.6. The van der Waals surface area contributed by atoms with E-state index in [2.05, 4.69) is 0 Å². The van der Waals surface area contributed by atoms with Gasteiger partial charge in [0.2, 0.25) is 0 Å². The fourth-order valence-corrected chi connectivity index (χ4v) is 3.74. The van der Waals surface area contributed by atoms with Crippen molar-refractivity contribution in [2.24, 2.45) is 0 Å². The van der Waals surface area contributed by atoms with Crippen molar-refractivity contribution < 1.29 is 27.8 Å². The third kappa shape index (κ3) is 3.82. The van der Waals surface area contributed by atoms with E-state index < -0.39 is 30.0 Å². The molecule has 0 saturated heterocycles. The van der Waals surface area contributed by atoms with Gasteiger partial charge in [0.15, 0.2) is 0 Å². The first-order valence-corrected chi connectivity index (χ1v) is 9.46. The van der Waals surface area contributed by atoms with Crippen molar-refractivity contribution in [1.82, 2.24) is 0 Å². The zero-order chi connectivity index (χ0) is 20.5. The van der Waals surface area contributed by atoms with Crippen LogP contribution in [-0.2, 0) is 6.61 Å². The van der Waals surface area contributed by atoms with Gasteiger partial charge in [-0.1, -0.05) is 6.07 Å². The Kier molecular flexibility index (Phi) is 4.98. The molecule has 0 fully saturated rings. The fraction of sp³-hybridized carbons (Fsp3) is 0.0455. The molecule has 1 aromatic heterocycles. The molecule has 0 unspecified atom stereocenters. The van der Waals surface area contributed by atoms with Gasteiger partial charge in [-0.15, -0.1) is 0 Å². The average molecular weight is 414 g/mol. The van der Waals surface area contributed by atoms with Crippen LogP contribution >= 0.6 is 11.3 Å².